The van der Waals surface area contributed by atoms with Crippen LogP contribution in [0.1, 0.15) is 28.8 Å². The number of rotatable bonds is 6. The summed E-state index contributed by atoms with van der Waals surface area (Å²) in [6.07, 6.45) is 0.802. The van der Waals surface area contributed by atoms with Crippen LogP contribution in [0.25, 0.3) is 0 Å². The molecule has 1 aliphatic carbocycles. The van der Waals surface area contributed by atoms with Gasteiger partial charge in [-0.3, -0.25) is 34.6 Å². The molecule has 2 aromatic rings. The van der Waals surface area contributed by atoms with E-state index in [1.807, 2.05) is 0 Å². The van der Waals surface area contributed by atoms with Gasteiger partial charge in [0, 0.05) is 39.5 Å². The number of benzene rings is 2. The summed E-state index contributed by atoms with van der Waals surface area (Å²) in [6.45, 7) is -0.244. The van der Waals surface area contributed by atoms with Crippen LogP contribution in [-0.4, -0.2) is 47.2 Å². The standard InChI is InChI=1S/C22H18Br2N4O7/c23-18-9-16-17(10-19(18)24)22(31)26(21(16)30)25(11-12-4-6-14(7-5-12)27(32)33)20(29)13-2-1-3-15(8-13)28(34)35/h1-8,16-19H,9-11H2/t16-,17-,18-,19+/m1/s1. The van der Waals surface area contributed by atoms with Gasteiger partial charge in [-0.1, -0.05) is 50.1 Å². The number of nitro benzene ring substituents is 2. The summed E-state index contributed by atoms with van der Waals surface area (Å²) in [5, 5.41) is 24.0. The lowest BCUT2D eigenvalue weighted by Gasteiger charge is -2.30. The zero-order chi connectivity index (χ0) is 25.4. The molecule has 3 amide bonds. The Balaban J connectivity index is 1.72. The molecule has 0 unspecified atom stereocenters. The van der Waals surface area contributed by atoms with Crippen LogP contribution in [-0.2, 0) is 16.1 Å². The first-order chi connectivity index (χ1) is 16.6. The van der Waals surface area contributed by atoms with Crippen LogP contribution in [0.2, 0.25) is 0 Å². The van der Waals surface area contributed by atoms with Gasteiger partial charge in [0.25, 0.3) is 29.1 Å². The van der Waals surface area contributed by atoms with Gasteiger partial charge in [-0.25, -0.2) is 5.01 Å². The molecule has 0 spiro atoms. The number of hydrogen-bond donors (Lipinski definition) is 0. The van der Waals surface area contributed by atoms with Crippen molar-refractivity contribution < 1.29 is 24.2 Å². The average Bonchev–Trinajstić information content (AvgIpc) is 3.06. The Bertz CT molecular complexity index is 1190. The molecule has 4 atom stereocenters. The van der Waals surface area contributed by atoms with Gasteiger partial charge < -0.3 is 0 Å². The van der Waals surface area contributed by atoms with E-state index in [-0.39, 0.29) is 33.1 Å². The van der Waals surface area contributed by atoms with Gasteiger partial charge in [0.2, 0.25) is 0 Å². The first kappa shape index (κ1) is 24.9. The van der Waals surface area contributed by atoms with Crippen LogP contribution in [0.5, 0.6) is 0 Å². The molecule has 0 radical (unpaired) electrons. The van der Waals surface area contributed by atoms with Crippen LogP contribution in [0.15, 0.2) is 48.5 Å². The van der Waals surface area contributed by atoms with Crippen LogP contribution < -0.4 is 0 Å². The molecule has 2 aromatic carbocycles. The van der Waals surface area contributed by atoms with Crippen molar-refractivity contribution in [2.24, 2.45) is 11.8 Å². The van der Waals surface area contributed by atoms with Gasteiger partial charge in [0.1, 0.15) is 0 Å². The molecule has 0 aromatic heterocycles. The maximum Gasteiger partial charge on any atom is 0.273 e. The Morgan fingerprint density at radius 3 is 1.97 bits per heavy atom. The highest BCUT2D eigenvalue weighted by Crippen LogP contribution is 2.44. The Kier molecular flexibility index (Phi) is 6.99. The number of halogens is 2. The smallest absolute Gasteiger partial charge is 0.272 e. The number of amides is 3. The molecule has 35 heavy (non-hydrogen) atoms. The Morgan fingerprint density at radius 1 is 0.914 bits per heavy atom. The van der Waals surface area contributed by atoms with E-state index in [2.05, 4.69) is 31.9 Å². The van der Waals surface area contributed by atoms with E-state index < -0.39 is 39.4 Å². The molecular formula is C22H18Br2N4O7. The van der Waals surface area contributed by atoms with Gasteiger partial charge in [0.05, 0.1) is 28.2 Å². The first-order valence-corrected chi connectivity index (χ1v) is 12.4. The molecular weight excluding hydrogens is 592 g/mol. The summed E-state index contributed by atoms with van der Waals surface area (Å²) in [4.78, 5) is 61.2. The second-order valence-electron chi connectivity index (χ2n) is 8.30. The fourth-order valence-corrected chi connectivity index (χ4v) is 5.58. The molecule has 2 aliphatic rings. The number of non-ortho nitro benzene ring substituents is 2. The highest BCUT2D eigenvalue weighted by Gasteiger charge is 2.54. The topological polar surface area (TPSA) is 144 Å². The van der Waals surface area contributed by atoms with Crippen LogP contribution in [0.4, 0.5) is 11.4 Å². The van der Waals surface area contributed by atoms with E-state index in [1.54, 1.807) is 0 Å². The minimum absolute atomic E-state index is 0.0314. The van der Waals surface area contributed by atoms with Gasteiger partial charge >= 0.3 is 0 Å². The van der Waals surface area contributed by atoms with E-state index in [0.29, 0.717) is 18.4 Å². The Labute approximate surface area is 215 Å². The van der Waals surface area contributed by atoms with Crippen LogP contribution in [0, 0.1) is 32.1 Å². The fraction of sp³-hybridized carbons (Fsp3) is 0.318. The zero-order valence-electron chi connectivity index (χ0n) is 18.0. The molecule has 1 heterocycles. The predicted molar refractivity (Wildman–Crippen MR) is 130 cm³/mol. The largest absolute Gasteiger partial charge is 0.273 e. The zero-order valence-corrected chi connectivity index (χ0v) is 21.1. The SMILES string of the molecule is O=C(c1cccc([N+](=O)[O-])c1)N(Cc1ccc([N+](=O)[O-])cc1)N1C(=O)[C@@H]2C[C@@H](Br)[C@@H](Br)C[C@H]2C1=O. The molecule has 0 bridgehead atoms. The summed E-state index contributed by atoms with van der Waals surface area (Å²) in [6, 6.07) is 10.4. The first-order valence-electron chi connectivity index (χ1n) is 10.5. The second-order valence-corrected chi connectivity index (χ2v) is 10.7. The minimum Gasteiger partial charge on any atom is -0.272 e. The summed E-state index contributed by atoms with van der Waals surface area (Å²) in [7, 11) is 0. The molecule has 4 rings (SSSR count). The number of hydrazine groups is 1. The third kappa shape index (κ3) is 4.82. The maximum absolute atomic E-state index is 13.5. The number of carbonyl (C=O) groups is 3. The summed E-state index contributed by atoms with van der Waals surface area (Å²) < 4.78 is 0. The molecule has 1 saturated carbocycles. The fourth-order valence-electron chi connectivity index (χ4n) is 4.35. The van der Waals surface area contributed by atoms with E-state index in [1.165, 1.54) is 42.5 Å². The monoisotopic (exact) mass is 608 g/mol. The van der Waals surface area contributed by atoms with Gasteiger partial charge in [0.15, 0.2) is 0 Å². The molecule has 1 aliphatic heterocycles. The van der Waals surface area contributed by atoms with Crippen molar-refractivity contribution in [1.82, 2.24) is 10.0 Å². The third-order valence-corrected chi connectivity index (χ3v) is 8.88. The highest BCUT2D eigenvalue weighted by molar-refractivity contribution is 9.12. The summed E-state index contributed by atoms with van der Waals surface area (Å²) >= 11 is 7.05. The Morgan fingerprint density at radius 2 is 1.46 bits per heavy atom. The van der Waals surface area contributed by atoms with Crippen LogP contribution >= 0.6 is 31.9 Å². The van der Waals surface area contributed by atoms with Crippen molar-refractivity contribution >= 4 is 61.0 Å². The number of carbonyl (C=O) groups excluding carboxylic acids is 3. The lowest BCUT2D eigenvalue weighted by atomic mass is 9.81. The van der Waals surface area contributed by atoms with Crippen molar-refractivity contribution in [3.8, 4) is 0 Å². The molecule has 13 heteroatoms. The van der Waals surface area contributed by atoms with Crippen LogP contribution in [0.3, 0.4) is 0 Å². The molecule has 0 N–H and O–H groups in total. The van der Waals surface area contributed by atoms with E-state index in [9.17, 15) is 34.6 Å². The number of alkyl halides is 2. The molecule has 2 fully saturated rings. The number of hydrogen-bond acceptors (Lipinski definition) is 7. The van der Waals surface area contributed by atoms with Crippen molar-refractivity contribution in [3.63, 3.8) is 0 Å². The number of imide groups is 1. The minimum atomic E-state index is -0.779. The second kappa shape index (κ2) is 9.82. The third-order valence-electron chi connectivity index (χ3n) is 6.15. The lowest BCUT2D eigenvalue weighted by molar-refractivity contribution is -0.385. The molecule has 182 valence electrons. The van der Waals surface area contributed by atoms with Crippen molar-refractivity contribution in [2.45, 2.75) is 29.0 Å². The molecule has 11 nitrogen and oxygen atoms in total. The predicted octanol–water partition coefficient (Wildman–Crippen LogP) is 3.98. The van der Waals surface area contributed by atoms with Crippen molar-refractivity contribution in [2.75, 3.05) is 0 Å². The van der Waals surface area contributed by atoms with Gasteiger partial charge in [-0.05, 0) is 24.5 Å². The van der Waals surface area contributed by atoms with Crippen molar-refractivity contribution in [1.29, 1.82) is 0 Å². The summed E-state index contributed by atoms with van der Waals surface area (Å²) in [5.74, 6) is -3.05. The van der Waals surface area contributed by atoms with Gasteiger partial charge in [-0.2, -0.15) is 5.01 Å². The number of nitrogens with zero attached hydrogens (tertiary/aromatic N) is 4. The van der Waals surface area contributed by atoms with E-state index in [4.69, 9.17) is 0 Å². The van der Waals surface area contributed by atoms with Gasteiger partial charge in [-0.15, -0.1) is 0 Å². The van der Waals surface area contributed by atoms with E-state index in [0.717, 1.165) is 16.1 Å². The van der Waals surface area contributed by atoms with Crippen molar-refractivity contribution in [3.05, 3.63) is 79.9 Å². The maximum atomic E-state index is 13.5. The normalized spacial score (nSPS) is 23.7. The number of fused-ring (bicyclic) bond motifs is 1. The van der Waals surface area contributed by atoms with E-state index >= 15 is 0 Å². The highest BCUT2D eigenvalue weighted by atomic mass is 79.9. The summed E-state index contributed by atoms with van der Waals surface area (Å²) in [5.41, 5.74) is -0.116. The Hall–Kier alpha value is -3.19. The average molecular weight is 610 g/mol. The number of nitro groups is 2. The lowest BCUT2D eigenvalue weighted by Crippen LogP contribution is -2.49. The quantitative estimate of drug-likeness (QED) is 0.208. The molecule has 1 saturated heterocycles.